The molecule has 1 saturated carbocycles. The summed E-state index contributed by atoms with van der Waals surface area (Å²) in [6.45, 7) is 3.41. The number of amides is 1. The van der Waals surface area contributed by atoms with Gasteiger partial charge in [0.25, 0.3) is 0 Å². The second-order valence-electron chi connectivity index (χ2n) is 7.21. The summed E-state index contributed by atoms with van der Waals surface area (Å²) in [4.78, 5) is 24.3. The molecule has 2 unspecified atom stereocenters. The second-order valence-corrected chi connectivity index (χ2v) is 7.21. The van der Waals surface area contributed by atoms with Gasteiger partial charge < -0.3 is 5.43 Å². The van der Waals surface area contributed by atoms with Crippen molar-refractivity contribution in [3.8, 4) is 17.2 Å². The van der Waals surface area contributed by atoms with Gasteiger partial charge in [-0.15, -0.1) is 0 Å². The van der Waals surface area contributed by atoms with Crippen molar-refractivity contribution >= 4 is 28.1 Å². The zero-order valence-electron chi connectivity index (χ0n) is 16.2. The topological polar surface area (TPSA) is 117 Å². The van der Waals surface area contributed by atoms with E-state index in [1.807, 2.05) is 31.3 Å². The standard InChI is InChI=1S/C22H20N6O/c1-12-18(10-25-11-21(12)28-24)14-3-4-15-9-26-19(6-16(15)5-14)22-17(8-23)7-20(22)27-13(2)29/h3-6,9-11,17,22,28H,7,24H2,1-2H3. The summed E-state index contributed by atoms with van der Waals surface area (Å²) in [6.07, 6.45) is 5.82. The Morgan fingerprint density at radius 1 is 1.28 bits per heavy atom. The van der Waals surface area contributed by atoms with Gasteiger partial charge in [0.2, 0.25) is 5.91 Å². The van der Waals surface area contributed by atoms with E-state index in [4.69, 9.17) is 5.84 Å². The van der Waals surface area contributed by atoms with E-state index in [2.05, 4.69) is 32.5 Å². The molecule has 0 bridgehead atoms. The summed E-state index contributed by atoms with van der Waals surface area (Å²) in [5.74, 6) is 4.89. The van der Waals surface area contributed by atoms with Gasteiger partial charge in [-0.2, -0.15) is 5.26 Å². The van der Waals surface area contributed by atoms with Gasteiger partial charge in [-0.05, 0) is 35.6 Å². The Kier molecular flexibility index (Phi) is 4.79. The lowest BCUT2D eigenvalue weighted by Crippen LogP contribution is -2.35. The second kappa shape index (κ2) is 7.41. The van der Waals surface area contributed by atoms with Crippen LogP contribution in [0.1, 0.15) is 30.5 Å². The van der Waals surface area contributed by atoms with Crippen molar-refractivity contribution in [1.29, 1.82) is 5.26 Å². The Balaban J connectivity index is 1.78. The molecule has 0 saturated heterocycles. The number of aromatic nitrogens is 2. The summed E-state index contributed by atoms with van der Waals surface area (Å²) in [5.41, 5.74) is 7.94. The number of benzene rings is 1. The number of fused-ring (bicyclic) bond motifs is 1. The number of hydrogen-bond donors (Lipinski definition) is 2. The van der Waals surface area contributed by atoms with E-state index in [1.54, 1.807) is 12.4 Å². The summed E-state index contributed by atoms with van der Waals surface area (Å²) < 4.78 is 0. The molecule has 1 aliphatic rings. The highest BCUT2D eigenvalue weighted by atomic mass is 16.1. The molecule has 0 spiro atoms. The number of aliphatic imine (C=N–C) groups is 1. The first kappa shape index (κ1) is 18.7. The number of pyridine rings is 2. The van der Waals surface area contributed by atoms with Gasteiger partial charge in [0, 0.05) is 42.4 Å². The minimum atomic E-state index is -0.249. The normalized spacial score (nSPS) is 19.6. The Labute approximate surface area is 168 Å². The van der Waals surface area contributed by atoms with Crippen LogP contribution in [0.4, 0.5) is 5.69 Å². The van der Waals surface area contributed by atoms with E-state index in [0.29, 0.717) is 6.42 Å². The monoisotopic (exact) mass is 384 g/mol. The largest absolute Gasteiger partial charge is 0.322 e. The van der Waals surface area contributed by atoms with Crippen LogP contribution in [0.25, 0.3) is 21.9 Å². The Bertz CT molecular complexity index is 1190. The molecule has 2 atom stereocenters. The Morgan fingerprint density at radius 2 is 2.10 bits per heavy atom. The van der Waals surface area contributed by atoms with Crippen LogP contribution in [0.3, 0.4) is 0 Å². The van der Waals surface area contributed by atoms with E-state index < -0.39 is 0 Å². The fourth-order valence-corrected chi connectivity index (χ4v) is 3.81. The van der Waals surface area contributed by atoms with Crippen LogP contribution in [-0.4, -0.2) is 21.6 Å². The summed E-state index contributed by atoms with van der Waals surface area (Å²) in [6, 6.07) is 10.4. The predicted molar refractivity (Wildman–Crippen MR) is 112 cm³/mol. The molecular weight excluding hydrogens is 364 g/mol. The van der Waals surface area contributed by atoms with Crippen molar-refractivity contribution in [3.63, 3.8) is 0 Å². The first-order valence-corrected chi connectivity index (χ1v) is 9.30. The van der Waals surface area contributed by atoms with Gasteiger partial charge in [-0.3, -0.25) is 20.6 Å². The molecule has 1 aliphatic carbocycles. The SMILES string of the molecule is CC(=O)N=C1CC(C#N)C1c1cc2cc(-c3cncc(NN)c3C)ccc2cn1. The molecule has 3 N–H and O–H groups in total. The summed E-state index contributed by atoms with van der Waals surface area (Å²) in [7, 11) is 0. The van der Waals surface area contributed by atoms with Crippen molar-refractivity contribution < 1.29 is 4.79 Å². The molecule has 4 rings (SSSR count). The minimum Gasteiger partial charge on any atom is -0.322 e. The minimum absolute atomic E-state index is 0.208. The average Bonchev–Trinajstić information content (AvgIpc) is 2.70. The first-order chi connectivity index (χ1) is 14.0. The molecule has 1 fully saturated rings. The predicted octanol–water partition coefficient (Wildman–Crippen LogP) is 3.51. The molecule has 29 heavy (non-hydrogen) atoms. The molecule has 7 heteroatoms. The van der Waals surface area contributed by atoms with Gasteiger partial charge >= 0.3 is 0 Å². The van der Waals surface area contributed by atoms with Crippen molar-refractivity contribution in [3.05, 3.63) is 54.1 Å². The van der Waals surface area contributed by atoms with E-state index >= 15 is 0 Å². The highest BCUT2D eigenvalue weighted by Crippen LogP contribution is 2.40. The Morgan fingerprint density at radius 3 is 2.83 bits per heavy atom. The molecule has 144 valence electrons. The lowest BCUT2D eigenvalue weighted by Gasteiger charge is -2.33. The van der Waals surface area contributed by atoms with Gasteiger partial charge in [0.15, 0.2) is 0 Å². The lowest BCUT2D eigenvalue weighted by molar-refractivity contribution is -0.115. The quantitative estimate of drug-likeness (QED) is 0.527. The number of nitrogens with two attached hydrogens (primary N) is 1. The number of rotatable bonds is 3. The smallest absolute Gasteiger partial charge is 0.242 e. The number of carbonyl (C=O) groups is 1. The highest BCUT2D eigenvalue weighted by molar-refractivity contribution is 6.04. The molecule has 2 heterocycles. The number of nitriles is 1. The molecule has 3 aromatic rings. The van der Waals surface area contributed by atoms with E-state index in [0.717, 1.165) is 44.6 Å². The van der Waals surface area contributed by atoms with Gasteiger partial charge in [0.1, 0.15) is 0 Å². The lowest BCUT2D eigenvalue weighted by atomic mass is 9.70. The molecular formula is C22H20N6O. The van der Waals surface area contributed by atoms with Crippen LogP contribution in [0.15, 0.2) is 47.8 Å². The number of hydrazine groups is 1. The van der Waals surface area contributed by atoms with Crippen LogP contribution in [-0.2, 0) is 4.79 Å². The van der Waals surface area contributed by atoms with E-state index in [9.17, 15) is 10.1 Å². The van der Waals surface area contributed by atoms with Crippen LogP contribution < -0.4 is 11.3 Å². The Hall–Kier alpha value is -3.63. The molecule has 0 aliphatic heterocycles. The molecule has 7 nitrogen and oxygen atoms in total. The maximum atomic E-state index is 11.4. The van der Waals surface area contributed by atoms with Gasteiger partial charge in [-0.25, -0.2) is 4.99 Å². The number of carbonyl (C=O) groups excluding carboxylic acids is 1. The van der Waals surface area contributed by atoms with Crippen molar-refractivity contribution in [2.45, 2.75) is 26.2 Å². The number of nitrogens with one attached hydrogen (secondary N) is 1. The van der Waals surface area contributed by atoms with Crippen LogP contribution >= 0.6 is 0 Å². The zero-order valence-corrected chi connectivity index (χ0v) is 16.2. The maximum absolute atomic E-state index is 11.4. The maximum Gasteiger partial charge on any atom is 0.242 e. The fourth-order valence-electron chi connectivity index (χ4n) is 3.81. The van der Waals surface area contributed by atoms with Crippen LogP contribution in [0.2, 0.25) is 0 Å². The highest BCUT2D eigenvalue weighted by Gasteiger charge is 2.40. The fraction of sp³-hybridized carbons (Fsp3) is 0.227. The number of nitrogens with zero attached hydrogens (tertiary/aromatic N) is 4. The van der Waals surface area contributed by atoms with Crippen LogP contribution in [0, 0.1) is 24.2 Å². The van der Waals surface area contributed by atoms with Crippen molar-refractivity contribution in [2.24, 2.45) is 16.8 Å². The number of nitrogen functional groups attached to an aromatic ring is 1. The first-order valence-electron chi connectivity index (χ1n) is 9.30. The molecule has 0 radical (unpaired) electrons. The third-order valence-corrected chi connectivity index (χ3v) is 5.40. The number of anilines is 1. The molecule has 2 aromatic heterocycles. The summed E-state index contributed by atoms with van der Waals surface area (Å²) in [5, 5.41) is 11.4. The van der Waals surface area contributed by atoms with E-state index in [1.165, 1.54) is 6.92 Å². The van der Waals surface area contributed by atoms with E-state index in [-0.39, 0.29) is 17.7 Å². The molecule has 1 amide bonds. The van der Waals surface area contributed by atoms with Gasteiger partial charge in [-0.1, -0.05) is 12.1 Å². The average molecular weight is 384 g/mol. The third kappa shape index (κ3) is 3.35. The van der Waals surface area contributed by atoms with Crippen LogP contribution in [0.5, 0.6) is 0 Å². The van der Waals surface area contributed by atoms with Crippen molar-refractivity contribution in [1.82, 2.24) is 9.97 Å². The molecule has 1 aromatic carbocycles. The van der Waals surface area contributed by atoms with Gasteiger partial charge in [0.05, 0.1) is 35.5 Å². The van der Waals surface area contributed by atoms with Crippen molar-refractivity contribution in [2.75, 3.05) is 5.43 Å². The number of hydrogen-bond acceptors (Lipinski definition) is 6. The summed E-state index contributed by atoms with van der Waals surface area (Å²) >= 11 is 0. The zero-order chi connectivity index (χ0) is 20.5. The third-order valence-electron chi connectivity index (χ3n) is 5.40.